The number of aryl methyl sites for hydroxylation is 1. The van der Waals surface area contributed by atoms with Crippen molar-refractivity contribution in [1.82, 2.24) is 9.55 Å². The number of aromatic amines is 1. The number of hydrogen-bond donors (Lipinski definition) is 2. The smallest absolute Gasteiger partial charge is 0.329 e. The highest BCUT2D eigenvalue weighted by Gasteiger charge is 2.11. The number of aliphatic imine (C=N–C) groups is 1. The van der Waals surface area contributed by atoms with E-state index in [-0.39, 0.29) is 5.69 Å². The molecule has 0 aromatic carbocycles. The molecule has 0 unspecified atom stereocenters. The van der Waals surface area contributed by atoms with Crippen molar-refractivity contribution < 1.29 is 0 Å². The molecule has 0 aliphatic carbocycles. The van der Waals surface area contributed by atoms with Gasteiger partial charge in [-0.2, -0.15) is 0 Å². The van der Waals surface area contributed by atoms with Crippen molar-refractivity contribution in [3.63, 3.8) is 0 Å². The molecule has 2 aromatic rings. The van der Waals surface area contributed by atoms with Gasteiger partial charge in [0.2, 0.25) is 0 Å². The Morgan fingerprint density at radius 3 is 2.74 bits per heavy atom. The van der Waals surface area contributed by atoms with Crippen molar-refractivity contribution in [3.05, 3.63) is 42.7 Å². The molecule has 0 amide bonds. The Balaban J connectivity index is 2.35. The van der Waals surface area contributed by atoms with Gasteiger partial charge in [0.1, 0.15) is 5.82 Å². The molecule has 0 atom stereocenters. The standard InChI is InChI=1S/C16H22N4O2S/c1-10(2)7-8-17-14-13(15(21)20(4)16(22)19-14)18-9-12-6-5-11(3)23-12/h5-6,9-10,17H,7-8H2,1-4H3,(H,19,22). The number of hydrogen-bond acceptors (Lipinski definition) is 5. The van der Waals surface area contributed by atoms with E-state index in [2.05, 4.69) is 29.1 Å². The van der Waals surface area contributed by atoms with Crippen LogP contribution in [0.1, 0.15) is 30.0 Å². The second-order valence-electron chi connectivity index (χ2n) is 5.83. The fourth-order valence-electron chi connectivity index (χ4n) is 1.99. The highest BCUT2D eigenvalue weighted by Crippen LogP contribution is 2.18. The van der Waals surface area contributed by atoms with E-state index < -0.39 is 11.2 Å². The summed E-state index contributed by atoms with van der Waals surface area (Å²) < 4.78 is 1.03. The Labute approximate surface area is 138 Å². The van der Waals surface area contributed by atoms with Gasteiger partial charge < -0.3 is 5.32 Å². The van der Waals surface area contributed by atoms with Crippen LogP contribution in [0.3, 0.4) is 0 Å². The SMILES string of the molecule is Cc1ccc(C=Nc2c(NCCC(C)C)[nH]c(=O)n(C)c2=O)s1. The summed E-state index contributed by atoms with van der Waals surface area (Å²) in [5, 5.41) is 3.12. The van der Waals surface area contributed by atoms with Crippen LogP contribution >= 0.6 is 11.3 Å². The predicted octanol–water partition coefficient (Wildman–Crippen LogP) is 2.65. The van der Waals surface area contributed by atoms with Crippen molar-refractivity contribution in [2.24, 2.45) is 18.0 Å². The average molecular weight is 334 g/mol. The zero-order valence-electron chi connectivity index (χ0n) is 13.8. The minimum absolute atomic E-state index is 0.224. The molecule has 0 aliphatic heterocycles. The zero-order valence-corrected chi connectivity index (χ0v) is 14.7. The molecule has 2 heterocycles. The van der Waals surface area contributed by atoms with Gasteiger partial charge in [0.15, 0.2) is 5.69 Å². The van der Waals surface area contributed by atoms with Crippen LogP contribution in [0.5, 0.6) is 0 Å². The Hall–Kier alpha value is -2.15. The van der Waals surface area contributed by atoms with Gasteiger partial charge in [0.05, 0.1) is 0 Å². The van der Waals surface area contributed by atoms with Gasteiger partial charge in [0, 0.05) is 29.6 Å². The maximum atomic E-state index is 12.3. The van der Waals surface area contributed by atoms with Crippen molar-refractivity contribution in [1.29, 1.82) is 0 Å². The van der Waals surface area contributed by atoms with Crippen LogP contribution in [0, 0.1) is 12.8 Å². The number of thiophene rings is 1. The van der Waals surface area contributed by atoms with E-state index in [0.29, 0.717) is 18.3 Å². The molecule has 23 heavy (non-hydrogen) atoms. The molecule has 0 saturated heterocycles. The monoisotopic (exact) mass is 334 g/mol. The van der Waals surface area contributed by atoms with Crippen molar-refractivity contribution in [3.8, 4) is 0 Å². The van der Waals surface area contributed by atoms with Gasteiger partial charge in [-0.15, -0.1) is 11.3 Å². The van der Waals surface area contributed by atoms with Gasteiger partial charge in [-0.1, -0.05) is 13.8 Å². The lowest BCUT2D eigenvalue weighted by molar-refractivity contribution is 0.606. The number of anilines is 1. The Morgan fingerprint density at radius 1 is 1.39 bits per heavy atom. The van der Waals surface area contributed by atoms with Crippen LogP contribution < -0.4 is 16.6 Å². The van der Waals surface area contributed by atoms with Crippen molar-refractivity contribution >= 4 is 29.1 Å². The number of rotatable bonds is 6. The van der Waals surface area contributed by atoms with E-state index in [4.69, 9.17) is 0 Å². The first-order valence-corrected chi connectivity index (χ1v) is 8.38. The number of aromatic nitrogens is 2. The highest BCUT2D eigenvalue weighted by molar-refractivity contribution is 7.13. The molecule has 0 aliphatic rings. The lowest BCUT2D eigenvalue weighted by Crippen LogP contribution is -2.33. The van der Waals surface area contributed by atoms with E-state index >= 15 is 0 Å². The molecule has 2 N–H and O–H groups in total. The third-order valence-corrected chi connectivity index (χ3v) is 4.32. The first-order chi connectivity index (χ1) is 10.9. The van der Waals surface area contributed by atoms with E-state index in [1.54, 1.807) is 17.6 Å². The van der Waals surface area contributed by atoms with Gasteiger partial charge in [-0.3, -0.25) is 14.3 Å². The maximum absolute atomic E-state index is 12.3. The second kappa shape index (κ2) is 7.41. The molecule has 6 nitrogen and oxygen atoms in total. The van der Waals surface area contributed by atoms with Crippen molar-refractivity contribution in [2.45, 2.75) is 27.2 Å². The minimum atomic E-state index is -0.451. The Kier molecular flexibility index (Phi) is 5.54. The van der Waals surface area contributed by atoms with Gasteiger partial charge in [-0.25, -0.2) is 9.79 Å². The lowest BCUT2D eigenvalue weighted by Gasteiger charge is -2.10. The third kappa shape index (κ3) is 4.41. The van der Waals surface area contributed by atoms with Crippen LogP contribution in [0.15, 0.2) is 26.7 Å². The zero-order chi connectivity index (χ0) is 17.0. The summed E-state index contributed by atoms with van der Waals surface area (Å²) in [5.41, 5.74) is -0.639. The normalized spacial score (nSPS) is 11.5. The Morgan fingerprint density at radius 2 is 2.13 bits per heavy atom. The summed E-state index contributed by atoms with van der Waals surface area (Å²) in [4.78, 5) is 33.3. The first kappa shape index (κ1) is 17.2. The van der Waals surface area contributed by atoms with Crippen LogP contribution in [-0.4, -0.2) is 22.3 Å². The summed E-state index contributed by atoms with van der Waals surface area (Å²) in [5.74, 6) is 0.907. The summed E-state index contributed by atoms with van der Waals surface area (Å²) in [7, 11) is 1.44. The average Bonchev–Trinajstić information content (AvgIpc) is 2.89. The van der Waals surface area contributed by atoms with Crippen LogP contribution in [0.25, 0.3) is 0 Å². The maximum Gasteiger partial charge on any atom is 0.329 e. The molecule has 0 radical (unpaired) electrons. The molecule has 0 fully saturated rings. The third-order valence-electron chi connectivity index (χ3n) is 3.39. The first-order valence-electron chi connectivity index (χ1n) is 7.56. The molecular formula is C16H22N4O2S. The van der Waals surface area contributed by atoms with E-state index in [1.165, 1.54) is 11.9 Å². The summed E-state index contributed by atoms with van der Waals surface area (Å²) in [6, 6.07) is 3.95. The summed E-state index contributed by atoms with van der Waals surface area (Å²) in [6.07, 6.45) is 2.59. The van der Waals surface area contributed by atoms with Gasteiger partial charge in [0.25, 0.3) is 5.56 Å². The van der Waals surface area contributed by atoms with E-state index in [9.17, 15) is 9.59 Å². The number of nitrogens with one attached hydrogen (secondary N) is 2. The van der Waals surface area contributed by atoms with Gasteiger partial charge >= 0.3 is 5.69 Å². The Bertz CT molecular complexity index is 814. The largest absolute Gasteiger partial charge is 0.370 e. The fraction of sp³-hybridized carbons (Fsp3) is 0.438. The molecule has 2 aromatic heterocycles. The number of H-pyrrole nitrogens is 1. The minimum Gasteiger partial charge on any atom is -0.370 e. The van der Waals surface area contributed by atoms with Crippen LogP contribution in [-0.2, 0) is 7.05 Å². The van der Waals surface area contributed by atoms with E-state index in [1.807, 2.05) is 19.1 Å². The fourth-order valence-corrected chi connectivity index (χ4v) is 2.74. The van der Waals surface area contributed by atoms with E-state index in [0.717, 1.165) is 15.9 Å². The number of nitrogens with zero attached hydrogens (tertiary/aromatic N) is 2. The second-order valence-corrected chi connectivity index (χ2v) is 7.15. The predicted molar refractivity (Wildman–Crippen MR) is 96.6 cm³/mol. The molecular weight excluding hydrogens is 312 g/mol. The highest BCUT2D eigenvalue weighted by atomic mass is 32.1. The molecule has 2 rings (SSSR count). The lowest BCUT2D eigenvalue weighted by atomic mass is 10.1. The van der Waals surface area contributed by atoms with Gasteiger partial charge in [-0.05, 0) is 31.4 Å². The molecule has 0 bridgehead atoms. The molecule has 0 spiro atoms. The van der Waals surface area contributed by atoms with Crippen LogP contribution in [0.4, 0.5) is 11.5 Å². The summed E-state index contributed by atoms with van der Waals surface area (Å²) in [6.45, 7) is 6.92. The summed E-state index contributed by atoms with van der Waals surface area (Å²) >= 11 is 1.60. The topological polar surface area (TPSA) is 79.2 Å². The quantitative estimate of drug-likeness (QED) is 0.797. The molecule has 124 valence electrons. The molecule has 7 heteroatoms. The van der Waals surface area contributed by atoms with Crippen molar-refractivity contribution in [2.75, 3.05) is 11.9 Å². The van der Waals surface area contributed by atoms with Crippen LogP contribution in [0.2, 0.25) is 0 Å². The molecule has 0 saturated carbocycles.